The van der Waals surface area contributed by atoms with E-state index >= 15 is 0 Å². The number of esters is 2. The van der Waals surface area contributed by atoms with Gasteiger partial charge >= 0.3 is 51.2 Å². The van der Waals surface area contributed by atoms with Crippen LogP contribution in [-0.2, 0) is 48.7 Å². The number of aromatic nitrogens is 9. The zero-order chi connectivity index (χ0) is 107. The number of hydrogen-bond acceptors (Lipinski definition) is 25. The Morgan fingerprint density at radius 2 is 0.774 bits per heavy atom. The summed E-state index contributed by atoms with van der Waals surface area (Å²) in [6.07, 6.45) is 10.2. The SMILES string of the molecule is BrCC1CC1.CC1(C)OB(B2OC(C)(C)C(C)(C)O2)OC1(C)C.CC1(C)OB(c2cc(Cl)cc(OCC3CC3)c2)OC1(C)C.CCOC(=O)c1n[nH]nc1-c1cc(Cl)cc(OCC2CC2)c1.CCOC(=O)c1nnn(Cc2ccc(OC)cc2)c1-c1cc(Cl)cc(OCC2CC2)c1.Clc1cc(Br)cc(OCC2CC2)c1.O=C(O)C(F)(F)F.O=C(O)c1n[nH]nc1-c1cc(Cl)cc(OCC2CC2)c1.Oc1cc(Cl)cc(Br)c1. The number of carboxylic acid groups (broad SMARTS) is 2. The Hall–Kier alpha value is -8.64. The first-order valence-electron chi connectivity index (χ1n) is 47.7. The van der Waals surface area contributed by atoms with Gasteiger partial charge < -0.3 is 81.1 Å². The van der Waals surface area contributed by atoms with Gasteiger partial charge in [-0.3, -0.25) is 0 Å². The first-order valence-corrected chi connectivity index (χ1v) is 52.7. The molecule has 19 rings (SSSR count). The lowest BCUT2D eigenvalue weighted by molar-refractivity contribution is -0.192. The number of rotatable bonds is 29. The van der Waals surface area contributed by atoms with Crippen LogP contribution in [-0.4, -0.2) is 205 Å². The molecule has 0 radical (unpaired) electrons. The molecule has 3 saturated heterocycles. The number of halogens is 12. The summed E-state index contributed by atoms with van der Waals surface area (Å²) < 4.78 is 115. The molecule has 6 aliphatic carbocycles. The molecule has 0 spiro atoms. The van der Waals surface area contributed by atoms with Crippen molar-refractivity contribution in [3.8, 4) is 74.0 Å². The number of carboxylic acids is 2. The minimum absolute atomic E-state index is 0.136. The molecule has 0 unspecified atom stereocenters. The van der Waals surface area contributed by atoms with Crippen LogP contribution in [0.1, 0.15) is 211 Å². The normalized spacial score (nSPS) is 17.5. The molecule has 9 fully saturated rings. The number of methoxy groups -OCH3 is 1. The minimum atomic E-state index is -5.08. The van der Waals surface area contributed by atoms with Crippen molar-refractivity contribution in [1.82, 2.24) is 45.8 Å². The van der Waals surface area contributed by atoms with Crippen LogP contribution in [0.15, 0.2) is 142 Å². The smallest absolute Gasteiger partial charge is 0.495 e. The fourth-order valence-corrected chi connectivity index (χ4v) is 16.6. The van der Waals surface area contributed by atoms with E-state index in [-0.39, 0.29) is 75.3 Å². The van der Waals surface area contributed by atoms with Gasteiger partial charge in [0.2, 0.25) is 0 Å². The highest BCUT2D eigenvalue weighted by atomic mass is 79.9. The summed E-state index contributed by atoms with van der Waals surface area (Å²) in [6.45, 7) is 32.4. The number of alkyl halides is 4. The molecule has 0 amide bonds. The molecule has 5 N–H and O–H groups in total. The number of hydrogen-bond donors (Lipinski definition) is 5. The zero-order valence-corrected chi connectivity index (χ0v) is 92.9. The number of benzene rings is 7. The van der Waals surface area contributed by atoms with E-state index in [4.69, 9.17) is 156 Å². The van der Waals surface area contributed by atoms with Gasteiger partial charge in [0, 0.05) is 61.1 Å². The molecule has 7 aromatic carbocycles. The van der Waals surface area contributed by atoms with Gasteiger partial charge in [0.1, 0.15) is 57.3 Å². The summed E-state index contributed by atoms with van der Waals surface area (Å²) in [5.41, 5.74) is 2.99. The zero-order valence-electron chi connectivity index (χ0n) is 83.6. The van der Waals surface area contributed by atoms with Crippen LogP contribution in [0.4, 0.5) is 13.2 Å². The number of aromatic amines is 2. The van der Waals surface area contributed by atoms with Gasteiger partial charge in [0.15, 0.2) is 17.1 Å². The second kappa shape index (κ2) is 52.4. The van der Waals surface area contributed by atoms with Gasteiger partial charge in [-0.1, -0.05) is 135 Å². The first kappa shape index (κ1) is 118. The van der Waals surface area contributed by atoms with E-state index in [0.29, 0.717) is 125 Å². The summed E-state index contributed by atoms with van der Waals surface area (Å²) in [5.74, 6) is 3.97. The Balaban J connectivity index is 0.000000162. The van der Waals surface area contributed by atoms with Crippen molar-refractivity contribution in [1.29, 1.82) is 0 Å². The van der Waals surface area contributed by atoms with Crippen LogP contribution in [0.5, 0.6) is 40.2 Å². The molecule has 6 saturated carbocycles. The maximum atomic E-state index is 12.6. The molecule has 3 aromatic heterocycles. The van der Waals surface area contributed by atoms with Crippen molar-refractivity contribution in [2.45, 2.75) is 220 Å². The monoisotopic (exact) mass is 2330 g/mol. The van der Waals surface area contributed by atoms with Crippen LogP contribution in [0, 0.1) is 35.5 Å². The van der Waals surface area contributed by atoms with E-state index < -0.39 is 51.2 Å². The van der Waals surface area contributed by atoms with Gasteiger partial charge in [-0.25, -0.2) is 23.9 Å². The van der Waals surface area contributed by atoms with Crippen LogP contribution < -0.4 is 33.9 Å². The van der Waals surface area contributed by atoms with Gasteiger partial charge in [-0.2, -0.15) is 33.8 Å². The number of aromatic carboxylic acids is 1. The summed E-state index contributed by atoms with van der Waals surface area (Å²) in [4.78, 5) is 44.4. The number of aromatic hydroxyl groups is 1. The molecule has 45 heteroatoms. The van der Waals surface area contributed by atoms with Gasteiger partial charge in [0.05, 0.1) is 93.5 Å². The van der Waals surface area contributed by atoms with Crippen LogP contribution >= 0.6 is 117 Å². The third-order valence-corrected chi connectivity index (χ3v) is 28.0. The molecule has 3 aliphatic heterocycles. The van der Waals surface area contributed by atoms with E-state index in [1.165, 1.54) is 88.4 Å². The van der Waals surface area contributed by atoms with Crippen molar-refractivity contribution in [3.63, 3.8) is 0 Å². The maximum Gasteiger partial charge on any atom is 0.495 e. The molecule has 146 heavy (non-hydrogen) atoms. The van der Waals surface area contributed by atoms with Crippen LogP contribution in [0.25, 0.3) is 33.8 Å². The van der Waals surface area contributed by atoms with Crippen molar-refractivity contribution < 1.29 is 113 Å². The number of aliphatic carboxylic acids is 1. The molecular formula is C101H120B3Br3Cl6F3N9O21. The molecule has 0 bridgehead atoms. The summed E-state index contributed by atoms with van der Waals surface area (Å²) >= 11 is 46.1. The lowest BCUT2D eigenvalue weighted by atomic mass is 9.49. The number of nitrogens with one attached hydrogen (secondary N) is 2. The number of H-pyrrole nitrogens is 2. The third kappa shape index (κ3) is 36.6. The van der Waals surface area contributed by atoms with Gasteiger partial charge in [-0.05, 0) is 342 Å². The molecule has 9 aliphatic rings. The molecule has 10 aromatic rings. The lowest BCUT2D eigenvalue weighted by Gasteiger charge is -2.32. The average molecular weight is 2340 g/mol. The highest BCUT2D eigenvalue weighted by Gasteiger charge is 2.64. The highest BCUT2D eigenvalue weighted by Crippen LogP contribution is 2.46. The maximum absolute atomic E-state index is 12.6. The second-order valence-corrected chi connectivity index (χ2v) is 44.2. The third-order valence-electron chi connectivity index (χ3n) is 24.8. The Labute approximate surface area is 903 Å². The second-order valence-electron chi connectivity index (χ2n) is 39.1. The van der Waals surface area contributed by atoms with E-state index in [9.17, 15) is 27.6 Å². The Bertz CT molecular complexity index is 5900. The van der Waals surface area contributed by atoms with Crippen molar-refractivity contribution >= 4 is 168 Å². The van der Waals surface area contributed by atoms with Crippen LogP contribution in [0.2, 0.25) is 30.1 Å². The number of nitrogens with zero attached hydrogens (tertiary/aromatic N) is 7. The Kier molecular flexibility index (Phi) is 42.2. The van der Waals surface area contributed by atoms with Crippen molar-refractivity contribution in [2.24, 2.45) is 35.5 Å². The first-order chi connectivity index (χ1) is 68.8. The predicted molar refractivity (Wildman–Crippen MR) is 566 cm³/mol. The number of phenols is 1. The van der Waals surface area contributed by atoms with Gasteiger partial charge in [0.25, 0.3) is 0 Å². The fourth-order valence-electron chi connectivity index (χ4n) is 13.4. The average Bonchev–Trinajstić information content (AvgIpc) is 1.59. The van der Waals surface area contributed by atoms with Gasteiger partial charge in [-0.15, -0.1) is 15.3 Å². The van der Waals surface area contributed by atoms with E-state index in [1.807, 2.05) is 150 Å². The molecular weight excluding hydrogens is 2220 g/mol. The number of carbonyl (C=O) groups is 4. The Morgan fingerprint density at radius 3 is 1.12 bits per heavy atom. The molecule has 788 valence electrons. The minimum Gasteiger partial charge on any atom is -0.508 e. The quantitative estimate of drug-likeness (QED) is 0.0165. The molecule has 30 nitrogen and oxygen atoms in total. The summed E-state index contributed by atoms with van der Waals surface area (Å²) in [6, 6.07) is 39.5. The highest BCUT2D eigenvalue weighted by molar-refractivity contribution is 9.10. The van der Waals surface area contributed by atoms with Crippen molar-refractivity contribution in [2.75, 3.05) is 58.7 Å². The molecule has 6 heterocycles. The Morgan fingerprint density at radius 1 is 0.438 bits per heavy atom. The number of phenolic OH excluding ortho intramolecular Hbond substituents is 1. The largest absolute Gasteiger partial charge is 0.508 e. The summed E-state index contributed by atoms with van der Waals surface area (Å²) in [7, 11) is 0.266. The predicted octanol–water partition coefficient (Wildman–Crippen LogP) is 25.1. The van der Waals surface area contributed by atoms with E-state index in [0.717, 1.165) is 62.3 Å². The van der Waals surface area contributed by atoms with Crippen molar-refractivity contribution in [3.05, 3.63) is 195 Å². The van der Waals surface area contributed by atoms with E-state index in [2.05, 4.69) is 88.9 Å². The number of carbonyl (C=O) groups excluding carboxylic acids is 2. The standard InChI is InChI=1S/C23H24ClN3O4.C16H22BClO3.C15H16ClN3O3.C13H12ClN3O3.C12H24B2O4.C10H10BrClO.C6H4BrClO.C4H7Br.C2HF3O2/c1-3-30-23(28)21-22(17-10-18(24)12-20(11-17)31-14-16-4-5-16)27(26-25-21)13-15-6-8-19(29-2)9-7-15;1-15(2)16(3,4)21-17(20-15)12-7-13(18)9-14(8-12)19-10-11-5-6-11;1-2-21-15(20)14-13(17-19-18-14)10-5-11(16)7-12(6-10)22-8-9-3-4-9;14-9-3-8(11-12(13(18)19)16-17-15-11)4-10(5-9)20-6-7-1-2-7;1-9(2)10(3,4)16-13(15-9)14-17-11(5,6)12(7,8)18-14;11-8-3-9(12)5-10(4-8)13-6-7-1-2-7;7-4-1-5(8)3-6(9)2-4;5-3-4-1-2-4;3-2(4,5)1(6)7/h6-12,16H,3-5,13-14H2,1-2H3;7-9,11H,5-6,10H2,1-4H3;5-7,9H,2-4,8H2,1H3,(H,17,18,19);3-5,7H,1-2,6H2,(H,18,19)(H,15,16,17);1-8H3;3-5,7H,1-2,6H2;1-3,9H;4H,1-3H2;(H,6,7). The van der Waals surface area contributed by atoms with Crippen LogP contribution in [0.3, 0.4) is 0 Å². The van der Waals surface area contributed by atoms with E-state index in [1.54, 1.807) is 86.3 Å². The lowest BCUT2D eigenvalue weighted by Crippen LogP contribution is -2.41. The fraction of sp³-hybridized carbons (Fsp3) is 0.485. The molecule has 0 atom stereocenters. The topological polar surface area (TPSA) is 372 Å². The number of ether oxygens (including phenoxy) is 8. The summed E-state index contributed by atoms with van der Waals surface area (Å²) in [5, 5.41) is 58.1.